The van der Waals surface area contributed by atoms with Crippen LogP contribution in [0.4, 0.5) is 0 Å². The lowest BCUT2D eigenvalue weighted by atomic mass is 9.63. The van der Waals surface area contributed by atoms with Crippen molar-refractivity contribution in [3.63, 3.8) is 0 Å². The second-order valence-corrected chi connectivity index (χ2v) is 7.51. The minimum absolute atomic E-state index is 0.266. The highest BCUT2D eigenvalue weighted by Gasteiger charge is 2.50. The van der Waals surface area contributed by atoms with Crippen LogP contribution in [0.15, 0.2) is 29.8 Å². The van der Waals surface area contributed by atoms with Crippen LogP contribution < -0.4 is 0 Å². The normalized spacial score (nSPS) is 31.4. The van der Waals surface area contributed by atoms with Gasteiger partial charge in [-0.1, -0.05) is 43.7 Å². The predicted molar refractivity (Wildman–Crippen MR) is 85.7 cm³/mol. The van der Waals surface area contributed by atoms with Crippen molar-refractivity contribution < 1.29 is 4.79 Å². The van der Waals surface area contributed by atoms with Crippen molar-refractivity contribution in [1.29, 1.82) is 0 Å². The number of rotatable bonds is 2. The third kappa shape index (κ3) is 1.86. The first-order valence-corrected chi connectivity index (χ1v) is 8.46. The van der Waals surface area contributed by atoms with E-state index in [4.69, 9.17) is 0 Å². The van der Waals surface area contributed by atoms with Crippen LogP contribution in [0.5, 0.6) is 0 Å². The van der Waals surface area contributed by atoms with Gasteiger partial charge in [0, 0.05) is 12.0 Å². The maximum absolute atomic E-state index is 12.9. The molecule has 1 aromatic carbocycles. The predicted octanol–water partition coefficient (Wildman–Crippen LogP) is 5.06. The number of fused-ring (bicyclic) bond motifs is 4. The average molecular weight is 280 g/mol. The van der Waals surface area contributed by atoms with Gasteiger partial charge in [0.1, 0.15) is 0 Å². The van der Waals surface area contributed by atoms with E-state index in [1.165, 1.54) is 30.4 Å². The summed E-state index contributed by atoms with van der Waals surface area (Å²) in [7, 11) is 0. The second kappa shape index (κ2) is 4.56. The highest BCUT2D eigenvalue weighted by atomic mass is 16.1. The molecule has 0 heterocycles. The number of hydrogen-bond donors (Lipinski definition) is 0. The Morgan fingerprint density at radius 3 is 2.81 bits per heavy atom. The zero-order valence-electron chi connectivity index (χ0n) is 13.1. The van der Waals surface area contributed by atoms with Gasteiger partial charge >= 0.3 is 0 Å². The minimum Gasteiger partial charge on any atom is -0.294 e. The number of benzene rings is 1. The fourth-order valence-electron chi connectivity index (χ4n) is 5.00. The highest BCUT2D eigenvalue weighted by molar-refractivity contribution is 6.00. The van der Waals surface area contributed by atoms with Crippen LogP contribution in [0.1, 0.15) is 73.4 Å². The highest BCUT2D eigenvalue weighted by Crippen LogP contribution is 2.58. The van der Waals surface area contributed by atoms with E-state index in [9.17, 15) is 4.79 Å². The summed E-state index contributed by atoms with van der Waals surface area (Å²) < 4.78 is 0. The van der Waals surface area contributed by atoms with Gasteiger partial charge < -0.3 is 0 Å². The van der Waals surface area contributed by atoms with Gasteiger partial charge in [0.15, 0.2) is 5.78 Å². The fraction of sp³-hybridized carbons (Fsp3) is 0.550. The zero-order chi connectivity index (χ0) is 14.6. The van der Waals surface area contributed by atoms with Crippen molar-refractivity contribution in [2.75, 3.05) is 0 Å². The van der Waals surface area contributed by atoms with Crippen molar-refractivity contribution in [2.24, 2.45) is 11.3 Å². The SMILES string of the molecule is CCC(C)c1cccc2c1C(=O)CC1(CC3=CCC1C3)C2. The van der Waals surface area contributed by atoms with Crippen LogP contribution in [0.3, 0.4) is 0 Å². The van der Waals surface area contributed by atoms with E-state index in [2.05, 4.69) is 38.1 Å². The largest absolute Gasteiger partial charge is 0.294 e. The Kier molecular flexibility index (Phi) is 2.89. The Balaban J connectivity index is 1.77. The molecule has 3 atom stereocenters. The Labute approximate surface area is 127 Å². The molecule has 110 valence electrons. The van der Waals surface area contributed by atoms with Gasteiger partial charge in [0.25, 0.3) is 0 Å². The molecule has 1 saturated carbocycles. The third-order valence-electron chi connectivity index (χ3n) is 6.31. The Morgan fingerprint density at radius 1 is 1.29 bits per heavy atom. The average Bonchev–Trinajstić information content (AvgIpc) is 3.06. The van der Waals surface area contributed by atoms with Gasteiger partial charge in [-0.3, -0.25) is 4.79 Å². The minimum atomic E-state index is 0.266. The quantitative estimate of drug-likeness (QED) is 0.692. The molecule has 21 heavy (non-hydrogen) atoms. The number of carbonyl (C=O) groups is 1. The molecule has 4 rings (SSSR count). The maximum Gasteiger partial charge on any atom is 0.164 e. The second-order valence-electron chi connectivity index (χ2n) is 7.51. The van der Waals surface area contributed by atoms with Crippen molar-refractivity contribution >= 4 is 5.78 Å². The van der Waals surface area contributed by atoms with Crippen LogP contribution in [0.2, 0.25) is 0 Å². The molecular formula is C20H24O. The zero-order valence-corrected chi connectivity index (χ0v) is 13.1. The molecule has 3 aliphatic rings. The monoisotopic (exact) mass is 280 g/mol. The molecule has 1 nitrogen and oxygen atoms in total. The van der Waals surface area contributed by atoms with Crippen molar-refractivity contribution in [3.8, 4) is 0 Å². The molecule has 0 saturated heterocycles. The van der Waals surface area contributed by atoms with Gasteiger partial charge in [-0.15, -0.1) is 0 Å². The van der Waals surface area contributed by atoms with Gasteiger partial charge in [-0.25, -0.2) is 0 Å². The molecule has 3 unspecified atom stereocenters. The van der Waals surface area contributed by atoms with E-state index < -0.39 is 0 Å². The summed E-state index contributed by atoms with van der Waals surface area (Å²) in [4.78, 5) is 12.9. The van der Waals surface area contributed by atoms with Crippen molar-refractivity contribution in [2.45, 2.75) is 58.3 Å². The number of carbonyl (C=O) groups excluding carboxylic acids is 1. The van der Waals surface area contributed by atoms with E-state index >= 15 is 0 Å². The molecule has 1 heteroatoms. The van der Waals surface area contributed by atoms with Gasteiger partial charge in [-0.05, 0) is 60.5 Å². The summed E-state index contributed by atoms with van der Waals surface area (Å²) in [6, 6.07) is 6.55. The lowest BCUT2D eigenvalue weighted by molar-refractivity contribution is 0.0822. The first-order valence-electron chi connectivity index (χ1n) is 8.46. The molecule has 0 radical (unpaired) electrons. The lowest BCUT2D eigenvalue weighted by Crippen LogP contribution is -2.36. The van der Waals surface area contributed by atoms with Gasteiger partial charge in [-0.2, -0.15) is 0 Å². The number of allylic oxidation sites excluding steroid dienone is 2. The van der Waals surface area contributed by atoms with E-state index in [-0.39, 0.29) is 5.41 Å². The first-order chi connectivity index (χ1) is 10.1. The van der Waals surface area contributed by atoms with Crippen LogP contribution >= 0.6 is 0 Å². The third-order valence-corrected chi connectivity index (χ3v) is 6.31. The van der Waals surface area contributed by atoms with E-state index in [1.54, 1.807) is 5.57 Å². The number of hydrogen-bond acceptors (Lipinski definition) is 1. The maximum atomic E-state index is 12.9. The van der Waals surface area contributed by atoms with Gasteiger partial charge in [0.05, 0.1) is 0 Å². The first kappa shape index (κ1) is 13.3. The number of ketones is 1. The topological polar surface area (TPSA) is 17.1 Å². The molecule has 2 bridgehead atoms. The standard InChI is InChI=1S/C20H24O/c1-3-13(2)17-6-4-5-15-11-20(12-18(21)19(15)17)10-14-7-8-16(20)9-14/h4-7,13,16H,3,8-12H2,1-2H3. The van der Waals surface area contributed by atoms with Crippen LogP contribution in [-0.4, -0.2) is 5.78 Å². The molecule has 0 amide bonds. The summed E-state index contributed by atoms with van der Waals surface area (Å²) in [6.07, 6.45) is 9.08. The summed E-state index contributed by atoms with van der Waals surface area (Å²) in [5, 5.41) is 0. The molecule has 1 fully saturated rings. The fourth-order valence-corrected chi connectivity index (χ4v) is 5.00. The summed E-state index contributed by atoms with van der Waals surface area (Å²) in [5.41, 5.74) is 5.58. The van der Waals surface area contributed by atoms with Crippen LogP contribution in [0.25, 0.3) is 0 Å². The summed E-state index contributed by atoms with van der Waals surface area (Å²) in [5.74, 6) is 1.64. The Bertz CT molecular complexity index is 639. The van der Waals surface area contributed by atoms with E-state index in [0.717, 1.165) is 30.7 Å². The van der Waals surface area contributed by atoms with Crippen LogP contribution in [0, 0.1) is 11.3 Å². The van der Waals surface area contributed by atoms with Crippen LogP contribution in [-0.2, 0) is 6.42 Å². The van der Waals surface area contributed by atoms with Crippen molar-refractivity contribution in [3.05, 3.63) is 46.5 Å². The lowest BCUT2D eigenvalue weighted by Gasteiger charge is -2.40. The molecule has 0 aromatic heterocycles. The van der Waals surface area contributed by atoms with E-state index in [0.29, 0.717) is 11.7 Å². The number of Topliss-reactive ketones (excluding diaryl/α,β-unsaturated/α-hetero) is 1. The summed E-state index contributed by atoms with van der Waals surface area (Å²) >= 11 is 0. The molecule has 1 spiro atoms. The summed E-state index contributed by atoms with van der Waals surface area (Å²) in [6.45, 7) is 4.46. The van der Waals surface area contributed by atoms with Gasteiger partial charge in [0.2, 0.25) is 0 Å². The van der Waals surface area contributed by atoms with Crippen molar-refractivity contribution in [1.82, 2.24) is 0 Å². The molecule has 0 aliphatic heterocycles. The molecule has 3 aliphatic carbocycles. The smallest absolute Gasteiger partial charge is 0.164 e. The van der Waals surface area contributed by atoms with E-state index in [1.807, 2.05) is 0 Å². The molecule has 0 N–H and O–H groups in total. The molecular weight excluding hydrogens is 256 g/mol. The molecule has 1 aromatic rings. The Morgan fingerprint density at radius 2 is 2.14 bits per heavy atom. The Hall–Kier alpha value is -1.37.